The molecule has 0 aliphatic carbocycles. The van der Waals surface area contributed by atoms with E-state index in [9.17, 15) is 4.79 Å². The number of aromatic nitrogens is 3. The molecule has 28 heavy (non-hydrogen) atoms. The van der Waals surface area contributed by atoms with E-state index in [1.165, 1.54) is 11.8 Å². The largest absolute Gasteiger partial charge is 0.497 e. The lowest BCUT2D eigenvalue weighted by Crippen LogP contribution is -2.55. The van der Waals surface area contributed by atoms with Crippen LogP contribution in [0, 0.1) is 0 Å². The van der Waals surface area contributed by atoms with Gasteiger partial charge in [0.15, 0.2) is 5.16 Å². The molecule has 152 valence electrons. The van der Waals surface area contributed by atoms with Crippen molar-refractivity contribution in [2.45, 2.75) is 24.5 Å². The van der Waals surface area contributed by atoms with E-state index >= 15 is 0 Å². The molecule has 2 heterocycles. The van der Waals surface area contributed by atoms with E-state index in [2.05, 4.69) is 34.3 Å². The van der Waals surface area contributed by atoms with E-state index in [-0.39, 0.29) is 17.2 Å². The van der Waals surface area contributed by atoms with Gasteiger partial charge in [0.2, 0.25) is 5.91 Å². The molecular formula is C19H27N5O3S. The maximum atomic E-state index is 12.4. The molecule has 0 spiro atoms. The Morgan fingerprint density at radius 2 is 2.14 bits per heavy atom. The summed E-state index contributed by atoms with van der Waals surface area (Å²) in [4.78, 5) is 14.7. The van der Waals surface area contributed by atoms with Crippen LogP contribution < -0.4 is 10.1 Å². The van der Waals surface area contributed by atoms with Crippen molar-refractivity contribution in [3.63, 3.8) is 0 Å². The number of morpholine rings is 1. The number of nitrogens with zero attached hydrogens (tertiary/aromatic N) is 4. The van der Waals surface area contributed by atoms with Crippen molar-refractivity contribution in [3.05, 3.63) is 30.6 Å². The molecule has 9 heteroatoms. The molecule has 1 N–H and O–H groups in total. The minimum absolute atomic E-state index is 0.0217. The third kappa shape index (κ3) is 5.24. The van der Waals surface area contributed by atoms with Crippen molar-refractivity contribution < 1.29 is 14.3 Å². The van der Waals surface area contributed by atoms with Gasteiger partial charge in [-0.2, -0.15) is 0 Å². The molecule has 1 fully saturated rings. The standard InChI is InChI=1S/C19H27N5O3S/c1-19(2,23-7-9-27-10-8-23)13-20-17(25)12-28-18-22-21-14-24(18)15-5-4-6-16(11-15)26-3/h4-6,11,14H,7-10,12-13H2,1-3H3,(H,20,25). The molecule has 1 aliphatic rings. The fourth-order valence-corrected chi connectivity index (χ4v) is 3.80. The van der Waals surface area contributed by atoms with Crippen molar-refractivity contribution >= 4 is 17.7 Å². The van der Waals surface area contributed by atoms with Crippen molar-refractivity contribution in [1.82, 2.24) is 25.0 Å². The van der Waals surface area contributed by atoms with E-state index in [0.29, 0.717) is 11.7 Å². The zero-order valence-electron chi connectivity index (χ0n) is 16.6. The molecule has 1 amide bonds. The zero-order valence-corrected chi connectivity index (χ0v) is 17.4. The maximum absolute atomic E-state index is 12.4. The lowest BCUT2D eigenvalue weighted by Gasteiger charge is -2.40. The zero-order chi connectivity index (χ0) is 20.0. The summed E-state index contributed by atoms with van der Waals surface area (Å²) < 4.78 is 12.5. The first-order valence-corrected chi connectivity index (χ1v) is 10.2. The molecule has 0 unspecified atom stereocenters. The Morgan fingerprint density at radius 1 is 1.36 bits per heavy atom. The molecule has 1 aliphatic heterocycles. The summed E-state index contributed by atoms with van der Waals surface area (Å²) in [6.07, 6.45) is 1.64. The van der Waals surface area contributed by atoms with Gasteiger partial charge >= 0.3 is 0 Å². The highest BCUT2D eigenvalue weighted by Crippen LogP contribution is 2.22. The Labute approximate surface area is 169 Å². The second-order valence-electron chi connectivity index (χ2n) is 7.16. The number of carbonyl (C=O) groups is 1. The summed E-state index contributed by atoms with van der Waals surface area (Å²) in [6.45, 7) is 8.15. The van der Waals surface area contributed by atoms with Crippen LogP contribution in [0.25, 0.3) is 5.69 Å². The van der Waals surface area contributed by atoms with Crippen LogP contribution in [0.4, 0.5) is 0 Å². The van der Waals surface area contributed by atoms with Gasteiger partial charge in [-0.05, 0) is 26.0 Å². The van der Waals surface area contributed by atoms with E-state index in [4.69, 9.17) is 9.47 Å². The molecule has 2 aromatic rings. The highest BCUT2D eigenvalue weighted by Gasteiger charge is 2.28. The molecule has 8 nitrogen and oxygen atoms in total. The topological polar surface area (TPSA) is 81.5 Å². The van der Waals surface area contributed by atoms with E-state index < -0.39 is 0 Å². The Kier molecular flexibility index (Phi) is 6.93. The number of thioether (sulfide) groups is 1. The molecule has 0 atom stereocenters. The highest BCUT2D eigenvalue weighted by atomic mass is 32.2. The second-order valence-corrected chi connectivity index (χ2v) is 8.10. The van der Waals surface area contributed by atoms with Crippen molar-refractivity contribution in [2.75, 3.05) is 45.7 Å². The fraction of sp³-hybridized carbons (Fsp3) is 0.526. The van der Waals surface area contributed by atoms with Crippen LogP contribution in [0.15, 0.2) is 35.7 Å². The third-order valence-electron chi connectivity index (χ3n) is 4.77. The average molecular weight is 406 g/mol. The number of hydrogen-bond acceptors (Lipinski definition) is 7. The van der Waals surface area contributed by atoms with Crippen LogP contribution in [0.2, 0.25) is 0 Å². The Hall–Kier alpha value is -2.10. The van der Waals surface area contributed by atoms with Crippen LogP contribution in [-0.2, 0) is 9.53 Å². The lowest BCUT2D eigenvalue weighted by molar-refractivity contribution is -0.119. The Bertz CT molecular complexity index is 789. The fourth-order valence-electron chi connectivity index (χ4n) is 3.04. The first-order chi connectivity index (χ1) is 13.5. The predicted molar refractivity (Wildman–Crippen MR) is 108 cm³/mol. The molecule has 0 bridgehead atoms. The summed E-state index contributed by atoms with van der Waals surface area (Å²) in [6, 6.07) is 7.63. The Balaban J connectivity index is 1.53. The SMILES string of the molecule is COc1cccc(-n2cnnc2SCC(=O)NCC(C)(C)N2CCOCC2)c1. The molecule has 3 rings (SSSR count). The molecule has 1 aromatic carbocycles. The molecular weight excluding hydrogens is 378 g/mol. The third-order valence-corrected chi connectivity index (χ3v) is 5.71. The quantitative estimate of drug-likeness (QED) is 0.668. The van der Waals surface area contributed by atoms with Gasteiger partial charge in [0.25, 0.3) is 0 Å². The summed E-state index contributed by atoms with van der Waals surface area (Å²) in [7, 11) is 1.63. The number of amides is 1. The first kappa shape index (κ1) is 20.6. The second kappa shape index (κ2) is 9.40. The smallest absolute Gasteiger partial charge is 0.230 e. The number of hydrogen-bond donors (Lipinski definition) is 1. The summed E-state index contributed by atoms with van der Waals surface area (Å²) in [5, 5.41) is 11.8. The number of carbonyl (C=O) groups excluding carboxylic acids is 1. The van der Waals surface area contributed by atoms with Gasteiger partial charge < -0.3 is 14.8 Å². The van der Waals surface area contributed by atoms with E-state index in [1.54, 1.807) is 13.4 Å². The first-order valence-electron chi connectivity index (χ1n) is 9.26. The lowest BCUT2D eigenvalue weighted by atomic mass is 10.0. The van der Waals surface area contributed by atoms with Crippen LogP contribution in [-0.4, -0.2) is 76.8 Å². The van der Waals surface area contributed by atoms with Gasteiger partial charge in [-0.25, -0.2) is 0 Å². The minimum atomic E-state index is -0.106. The molecule has 1 saturated heterocycles. The number of ether oxygens (including phenoxy) is 2. The number of rotatable bonds is 8. The van der Waals surface area contributed by atoms with Gasteiger partial charge in [0, 0.05) is 31.2 Å². The molecule has 0 saturated carbocycles. The van der Waals surface area contributed by atoms with Gasteiger partial charge in [-0.3, -0.25) is 14.3 Å². The van der Waals surface area contributed by atoms with Crippen molar-refractivity contribution in [1.29, 1.82) is 0 Å². The van der Waals surface area contributed by atoms with Crippen LogP contribution >= 0.6 is 11.8 Å². The van der Waals surface area contributed by atoms with Gasteiger partial charge in [0.1, 0.15) is 12.1 Å². The van der Waals surface area contributed by atoms with Gasteiger partial charge in [-0.1, -0.05) is 17.8 Å². The number of methoxy groups -OCH3 is 1. The number of benzene rings is 1. The predicted octanol–water partition coefficient (Wildman–Crippen LogP) is 1.59. The van der Waals surface area contributed by atoms with Crippen LogP contribution in [0.1, 0.15) is 13.8 Å². The van der Waals surface area contributed by atoms with Crippen molar-refractivity contribution in [3.8, 4) is 11.4 Å². The van der Waals surface area contributed by atoms with E-state index in [1.807, 2.05) is 28.8 Å². The minimum Gasteiger partial charge on any atom is -0.497 e. The number of nitrogens with one attached hydrogen (secondary N) is 1. The highest BCUT2D eigenvalue weighted by molar-refractivity contribution is 7.99. The summed E-state index contributed by atoms with van der Waals surface area (Å²) in [5.41, 5.74) is 0.783. The average Bonchev–Trinajstić information content (AvgIpc) is 3.20. The monoisotopic (exact) mass is 405 g/mol. The van der Waals surface area contributed by atoms with Crippen molar-refractivity contribution in [2.24, 2.45) is 0 Å². The van der Waals surface area contributed by atoms with Crippen LogP contribution in [0.3, 0.4) is 0 Å². The van der Waals surface area contributed by atoms with Gasteiger partial charge in [-0.15, -0.1) is 10.2 Å². The molecule has 0 radical (unpaired) electrons. The maximum Gasteiger partial charge on any atom is 0.230 e. The summed E-state index contributed by atoms with van der Waals surface area (Å²) in [5.74, 6) is 1.01. The van der Waals surface area contributed by atoms with Crippen LogP contribution in [0.5, 0.6) is 5.75 Å². The Morgan fingerprint density at radius 3 is 2.89 bits per heavy atom. The molecule has 1 aromatic heterocycles. The summed E-state index contributed by atoms with van der Waals surface area (Å²) >= 11 is 1.36. The van der Waals surface area contributed by atoms with Gasteiger partial charge in [0.05, 0.1) is 31.8 Å². The van der Waals surface area contributed by atoms with E-state index in [0.717, 1.165) is 37.7 Å². The normalized spacial score (nSPS) is 15.4.